The zero-order valence-electron chi connectivity index (χ0n) is 9.09. The molecule has 2 aromatic heterocycles. The molecule has 0 saturated heterocycles. The highest BCUT2D eigenvalue weighted by molar-refractivity contribution is 9.10. The van der Waals surface area contributed by atoms with Gasteiger partial charge >= 0.3 is 0 Å². The van der Waals surface area contributed by atoms with Gasteiger partial charge < -0.3 is 10.7 Å². The fourth-order valence-corrected chi connectivity index (χ4v) is 2.11. The molecule has 0 saturated carbocycles. The summed E-state index contributed by atoms with van der Waals surface area (Å²) in [6, 6.07) is 5.46. The molecular formula is C11H8BrN5O. The molecule has 0 aliphatic heterocycles. The Balaban J connectivity index is 2.35. The second-order valence-corrected chi connectivity index (χ2v) is 4.54. The zero-order chi connectivity index (χ0) is 12.7. The normalized spacial score (nSPS) is 10.9. The predicted molar refractivity (Wildman–Crippen MR) is 71.6 cm³/mol. The van der Waals surface area contributed by atoms with Crippen LogP contribution in [0.5, 0.6) is 0 Å². The number of benzene rings is 1. The smallest absolute Gasteiger partial charge is 0.267 e. The molecule has 3 rings (SSSR count). The van der Waals surface area contributed by atoms with Crippen molar-refractivity contribution in [2.24, 2.45) is 0 Å². The highest BCUT2D eigenvalue weighted by atomic mass is 79.9. The van der Waals surface area contributed by atoms with Crippen LogP contribution in [0.4, 0.5) is 5.69 Å². The fourth-order valence-electron chi connectivity index (χ4n) is 1.73. The SMILES string of the molecule is Nc1ccc2cnn(-c3nc[nH]c(=O)c3Br)c2c1. The summed E-state index contributed by atoms with van der Waals surface area (Å²) in [6.07, 6.45) is 3.03. The third-order valence-electron chi connectivity index (χ3n) is 2.57. The van der Waals surface area contributed by atoms with Gasteiger partial charge in [0.15, 0.2) is 5.82 Å². The molecule has 0 spiro atoms. The lowest BCUT2D eigenvalue weighted by Gasteiger charge is -2.04. The summed E-state index contributed by atoms with van der Waals surface area (Å²) in [5.74, 6) is 0.430. The van der Waals surface area contributed by atoms with Crippen molar-refractivity contribution in [2.45, 2.75) is 0 Å². The van der Waals surface area contributed by atoms with Crippen LogP contribution in [0.2, 0.25) is 0 Å². The quantitative estimate of drug-likeness (QED) is 0.666. The number of nitrogens with one attached hydrogen (secondary N) is 1. The van der Waals surface area contributed by atoms with E-state index in [1.165, 1.54) is 6.33 Å². The Morgan fingerprint density at radius 1 is 1.39 bits per heavy atom. The number of anilines is 1. The van der Waals surface area contributed by atoms with Crippen molar-refractivity contribution in [3.63, 3.8) is 0 Å². The molecule has 0 radical (unpaired) electrons. The number of rotatable bonds is 1. The van der Waals surface area contributed by atoms with Crippen LogP contribution >= 0.6 is 15.9 Å². The van der Waals surface area contributed by atoms with Crippen LogP contribution in [0.25, 0.3) is 16.7 Å². The van der Waals surface area contributed by atoms with Crippen molar-refractivity contribution in [1.82, 2.24) is 19.7 Å². The average molecular weight is 306 g/mol. The van der Waals surface area contributed by atoms with Gasteiger partial charge in [0.2, 0.25) is 0 Å². The molecule has 3 aromatic rings. The molecular weight excluding hydrogens is 298 g/mol. The molecule has 0 unspecified atom stereocenters. The van der Waals surface area contributed by atoms with E-state index in [2.05, 4.69) is 31.0 Å². The molecule has 0 atom stereocenters. The van der Waals surface area contributed by atoms with Gasteiger partial charge in [-0.1, -0.05) is 0 Å². The Hall–Kier alpha value is -2.15. The van der Waals surface area contributed by atoms with Crippen LogP contribution in [0, 0.1) is 0 Å². The van der Waals surface area contributed by atoms with Gasteiger partial charge in [0.1, 0.15) is 4.47 Å². The summed E-state index contributed by atoms with van der Waals surface area (Å²) in [5, 5.41) is 5.15. The van der Waals surface area contributed by atoms with Crippen molar-refractivity contribution in [1.29, 1.82) is 0 Å². The number of fused-ring (bicyclic) bond motifs is 1. The largest absolute Gasteiger partial charge is 0.399 e. The van der Waals surface area contributed by atoms with Crippen LogP contribution in [-0.2, 0) is 0 Å². The molecule has 2 heterocycles. The van der Waals surface area contributed by atoms with E-state index in [1.807, 2.05) is 6.07 Å². The lowest BCUT2D eigenvalue weighted by Crippen LogP contribution is -2.12. The average Bonchev–Trinajstić information content (AvgIpc) is 2.75. The summed E-state index contributed by atoms with van der Waals surface area (Å²) >= 11 is 3.21. The minimum absolute atomic E-state index is 0.257. The van der Waals surface area contributed by atoms with E-state index >= 15 is 0 Å². The minimum Gasteiger partial charge on any atom is -0.399 e. The first-order valence-electron chi connectivity index (χ1n) is 5.13. The van der Waals surface area contributed by atoms with Crippen molar-refractivity contribution >= 4 is 32.5 Å². The van der Waals surface area contributed by atoms with Crippen LogP contribution in [0.3, 0.4) is 0 Å². The van der Waals surface area contributed by atoms with Gasteiger partial charge in [0.05, 0.1) is 18.0 Å². The van der Waals surface area contributed by atoms with E-state index in [0.29, 0.717) is 16.0 Å². The molecule has 3 N–H and O–H groups in total. The second kappa shape index (κ2) is 3.95. The van der Waals surface area contributed by atoms with Gasteiger partial charge in [0.25, 0.3) is 5.56 Å². The van der Waals surface area contributed by atoms with Crippen LogP contribution in [-0.4, -0.2) is 19.7 Å². The third-order valence-corrected chi connectivity index (χ3v) is 3.29. The molecule has 0 aliphatic rings. The minimum atomic E-state index is -0.257. The number of aromatic nitrogens is 4. The number of nitrogen functional groups attached to an aromatic ring is 1. The first kappa shape index (κ1) is 11.0. The maximum Gasteiger partial charge on any atom is 0.267 e. The molecule has 0 aliphatic carbocycles. The van der Waals surface area contributed by atoms with Gasteiger partial charge in [-0.05, 0) is 34.1 Å². The molecule has 1 aromatic carbocycles. The number of nitrogens with two attached hydrogens (primary N) is 1. The molecule has 0 bridgehead atoms. The van der Waals surface area contributed by atoms with E-state index in [0.717, 1.165) is 10.9 Å². The number of hydrogen-bond acceptors (Lipinski definition) is 4. The zero-order valence-corrected chi connectivity index (χ0v) is 10.7. The Bertz CT molecular complexity index is 791. The Labute approximate surface area is 110 Å². The van der Waals surface area contributed by atoms with Gasteiger partial charge in [-0.3, -0.25) is 4.79 Å². The van der Waals surface area contributed by atoms with E-state index < -0.39 is 0 Å². The molecule has 0 fully saturated rings. The molecule has 7 heteroatoms. The number of hydrogen-bond donors (Lipinski definition) is 2. The predicted octanol–water partition coefficient (Wildman–Crippen LogP) is 1.45. The van der Waals surface area contributed by atoms with E-state index in [9.17, 15) is 4.79 Å². The topological polar surface area (TPSA) is 89.6 Å². The van der Waals surface area contributed by atoms with Gasteiger partial charge in [-0.2, -0.15) is 5.10 Å². The fraction of sp³-hybridized carbons (Fsp3) is 0. The van der Waals surface area contributed by atoms with E-state index in [1.54, 1.807) is 23.0 Å². The first-order chi connectivity index (χ1) is 8.66. The van der Waals surface area contributed by atoms with Gasteiger partial charge in [-0.25, -0.2) is 9.67 Å². The molecule has 6 nitrogen and oxygen atoms in total. The Kier molecular flexibility index (Phi) is 2.41. The highest BCUT2D eigenvalue weighted by Crippen LogP contribution is 2.22. The lowest BCUT2D eigenvalue weighted by molar-refractivity contribution is 0.853. The number of nitrogens with zero attached hydrogens (tertiary/aromatic N) is 3. The summed E-state index contributed by atoms with van der Waals surface area (Å²) in [7, 11) is 0. The number of aromatic amines is 1. The standard InChI is InChI=1S/C11H8BrN5O/c12-9-10(14-5-15-11(9)18)17-8-3-7(13)2-1-6(8)4-16-17/h1-5H,13H2,(H,14,15,18). The maximum absolute atomic E-state index is 11.5. The van der Waals surface area contributed by atoms with Crippen LogP contribution in [0.15, 0.2) is 40.0 Å². The summed E-state index contributed by atoms with van der Waals surface area (Å²) < 4.78 is 1.91. The lowest BCUT2D eigenvalue weighted by atomic mass is 10.2. The van der Waals surface area contributed by atoms with Crippen LogP contribution < -0.4 is 11.3 Å². The van der Waals surface area contributed by atoms with E-state index in [-0.39, 0.29) is 5.56 Å². The van der Waals surface area contributed by atoms with Crippen molar-refractivity contribution in [2.75, 3.05) is 5.73 Å². The number of H-pyrrole nitrogens is 1. The molecule has 90 valence electrons. The Morgan fingerprint density at radius 3 is 3.06 bits per heavy atom. The third kappa shape index (κ3) is 1.60. The van der Waals surface area contributed by atoms with Crippen molar-refractivity contribution < 1.29 is 0 Å². The molecule has 0 amide bonds. The number of halogens is 1. The van der Waals surface area contributed by atoms with Crippen molar-refractivity contribution in [3.05, 3.63) is 45.5 Å². The van der Waals surface area contributed by atoms with Crippen molar-refractivity contribution in [3.8, 4) is 5.82 Å². The second-order valence-electron chi connectivity index (χ2n) is 3.74. The summed E-state index contributed by atoms with van der Waals surface area (Å²) in [5.41, 5.74) is 6.93. The van der Waals surface area contributed by atoms with Gasteiger partial charge in [0, 0.05) is 11.1 Å². The Morgan fingerprint density at radius 2 is 2.22 bits per heavy atom. The highest BCUT2D eigenvalue weighted by Gasteiger charge is 2.11. The summed E-state index contributed by atoms with van der Waals surface area (Å²) in [6.45, 7) is 0. The summed E-state index contributed by atoms with van der Waals surface area (Å²) in [4.78, 5) is 18.1. The van der Waals surface area contributed by atoms with Crippen LogP contribution in [0.1, 0.15) is 0 Å². The monoisotopic (exact) mass is 305 g/mol. The van der Waals surface area contributed by atoms with Gasteiger partial charge in [-0.15, -0.1) is 0 Å². The van der Waals surface area contributed by atoms with E-state index in [4.69, 9.17) is 5.73 Å². The molecule has 18 heavy (non-hydrogen) atoms. The first-order valence-corrected chi connectivity index (χ1v) is 5.93. The maximum atomic E-state index is 11.5.